The van der Waals surface area contributed by atoms with Gasteiger partial charge < -0.3 is 19.3 Å². The Kier molecular flexibility index (Phi) is 7.30. The summed E-state index contributed by atoms with van der Waals surface area (Å²) in [5.74, 6) is 2.14. The van der Waals surface area contributed by atoms with Crippen molar-refractivity contribution in [3.05, 3.63) is 71.3 Å². The predicted octanol–water partition coefficient (Wildman–Crippen LogP) is 5.49. The maximum Gasteiger partial charge on any atom is 0.254 e. The van der Waals surface area contributed by atoms with Crippen LogP contribution in [0.2, 0.25) is 0 Å². The molecule has 3 aliphatic heterocycles. The molecule has 1 fully saturated rings. The van der Waals surface area contributed by atoms with E-state index in [4.69, 9.17) is 9.47 Å². The molecule has 5 nitrogen and oxygen atoms in total. The molecular weight excluding hydrogens is 504 g/mol. The Bertz CT molecular complexity index is 1210. The van der Waals surface area contributed by atoms with Crippen LogP contribution in [-0.2, 0) is 12.8 Å². The second kappa shape index (κ2) is 10.6. The molecule has 3 aromatic carbocycles. The molecule has 0 saturated carbocycles. The lowest BCUT2D eigenvalue weighted by Crippen LogP contribution is -2.43. The van der Waals surface area contributed by atoms with E-state index in [1.165, 1.54) is 35.6 Å². The fourth-order valence-corrected chi connectivity index (χ4v) is 5.75. The molecule has 0 bridgehead atoms. The molecule has 0 radical (unpaired) electrons. The average molecular weight is 537 g/mol. The molecule has 1 amide bonds. The Morgan fingerprint density at radius 1 is 0.914 bits per heavy atom. The molecule has 6 rings (SSSR count). The summed E-state index contributed by atoms with van der Waals surface area (Å²) in [5.41, 5.74) is 3.28. The van der Waals surface area contributed by atoms with Crippen molar-refractivity contribution in [2.75, 3.05) is 39.5 Å². The molecule has 3 aromatic rings. The van der Waals surface area contributed by atoms with E-state index >= 15 is 0 Å². The number of nitrogens with zero attached hydrogens (tertiary/aromatic N) is 2. The molecule has 0 N–H and O–H groups in total. The van der Waals surface area contributed by atoms with Gasteiger partial charge >= 0.3 is 0 Å². The smallest absolute Gasteiger partial charge is 0.254 e. The number of carbonyl (C=O) groups is 1. The average Bonchev–Trinajstić information content (AvgIpc) is 3.21. The lowest BCUT2D eigenvalue weighted by atomic mass is 9.95. The van der Waals surface area contributed by atoms with Crippen molar-refractivity contribution in [1.82, 2.24) is 9.80 Å². The number of ether oxygens (including phenoxy) is 2. The Hall–Kier alpha value is -2.57. The number of hydrogen-bond acceptors (Lipinski definition) is 4. The zero-order chi connectivity index (χ0) is 22.9. The van der Waals surface area contributed by atoms with Crippen LogP contribution in [0, 0.1) is 5.92 Å². The van der Waals surface area contributed by atoms with E-state index < -0.39 is 0 Å². The maximum absolute atomic E-state index is 13.3. The molecule has 1 saturated heterocycles. The number of benzene rings is 3. The van der Waals surface area contributed by atoms with Gasteiger partial charge in [0.05, 0.1) is 0 Å². The molecule has 0 aliphatic carbocycles. The van der Waals surface area contributed by atoms with Crippen molar-refractivity contribution < 1.29 is 14.3 Å². The monoisotopic (exact) mass is 536 g/mol. The van der Waals surface area contributed by atoms with Crippen LogP contribution in [0.3, 0.4) is 0 Å². The van der Waals surface area contributed by atoms with Gasteiger partial charge in [0.25, 0.3) is 5.91 Å². The first-order valence-corrected chi connectivity index (χ1v) is 12.6. The first kappa shape index (κ1) is 24.1. The highest BCUT2D eigenvalue weighted by atomic mass is 79.9. The zero-order valence-corrected chi connectivity index (χ0v) is 21.8. The number of fused-ring (bicyclic) bond motifs is 3. The van der Waals surface area contributed by atoms with Gasteiger partial charge in [-0.2, -0.15) is 0 Å². The summed E-state index contributed by atoms with van der Waals surface area (Å²) in [5, 5.41) is 2.62. The summed E-state index contributed by atoms with van der Waals surface area (Å²) in [7, 11) is 0. The van der Waals surface area contributed by atoms with E-state index in [-0.39, 0.29) is 29.7 Å². The van der Waals surface area contributed by atoms with Crippen molar-refractivity contribution in [1.29, 1.82) is 0 Å². The SMILES string of the molecule is Br.O=C1c2cc3c(cc2CCN1CC1CCCCN(CCc2ccc4ccccc4c2)C1)OCO3. The van der Waals surface area contributed by atoms with Crippen molar-refractivity contribution in [2.45, 2.75) is 32.1 Å². The third kappa shape index (κ3) is 5.19. The van der Waals surface area contributed by atoms with Gasteiger partial charge in [-0.1, -0.05) is 48.9 Å². The number of carbonyl (C=O) groups excluding carboxylic acids is 1. The largest absolute Gasteiger partial charge is 0.454 e. The highest BCUT2D eigenvalue weighted by molar-refractivity contribution is 8.93. The van der Waals surface area contributed by atoms with Gasteiger partial charge in [-0.25, -0.2) is 0 Å². The number of rotatable bonds is 5. The standard InChI is InChI=1S/C29H32N2O3.BrH/c32-29-26-17-28-27(33-20-34-28)16-25(26)11-14-31(29)19-22-5-3-4-12-30(18-22)13-10-21-8-9-23-6-1-2-7-24(23)15-21;/h1-2,6-9,15-17,22H,3-5,10-14,18-20H2;1H. The van der Waals surface area contributed by atoms with E-state index in [1.54, 1.807) is 0 Å². The molecule has 3 aliphatic rings. The number of amides is 1. The highest BCUT2D eigenvalue weighted by Gasteiger charge is 2.30. The number of hydrogen-bond donors (Lipinski definition) is 0. The van der Waals surface area contributed by atoms with E-state index in [0.717, 1.165) is 62.4 Å². The van der Waals surface area contributed by atoms with Crippen LogP contribution < -0.4 is 9.47 Å². The molecular formula is C29H33BrN2O3. The van der Waals surface area contributed by atoms with Gasteiger partial charge in [-0.05, 0) is 72.2 Å². The number of halogens is 1. The third-order valence-electron chi connectivity index (χ3n) is 7.63. The van der Waals surface area contributed by atoms with Crippen molar-refractivity contribution in [3.63, 3.8) is 0 Å². The van der Waals surface area contributed by atoms with Crippen LogP contribution in [0.5, 0.6) is 11.5 Å². The maximum atomic E-state index is 13.3. The Balaban J connectivity index is 0.00000253. The predicted molar refractivity (Wildman–Crippen MR) is 144 cm³/mol. The normalized spacial score (nSPS) is 19.8. The minimum Gasteiger partial charge on any atom is -0.454 e. The summed E-state index contributed by atoms with van der Waals surface area (Å²) in [6.07, 6.45) is 5.64. The van der Waals surface area contributed by atoms with Crippen LogP contribution in [0.15, 0.2) is 54.6 Å². The van der Waals surface area contributed by atoms with E-state index in [9.17, 15) is 4.79 Å². The first-order chi connectivity index (χ1) is 16.7. The third-order valence-corrected chi connectivity index (χ3v) is 7.63. The second-order valence-electron chi connectivity index (χ2n) is 9.96. The quantitative estimate of drug-likeness (QED) is 0.432. The van der Waals surface area contributed by atoms with Crippen LogP contribution in [0.25, 0.3) is 10.8 Å². The molecule has 1 unspecified atom stereocenters. The lowest BCUT2D eigenvalue weighted by molar-refractivity contribution is 0.0695. The van der Waals surface area contributed by atoms with E-state index in [0.29, 0.717) is 11.7 Å². The lowest BCUT2D eigenvalue weighted by Gasteiger charge is -2.33. The summed E-state index contributed by atoms with van der Waals surface area (Å²) < 4.78 is 11.0. The van der Waals surface area contributed by atoms with Gasteiger partial charge in [-0.15, -0.1) is 17.0 Å². The van der Waals surface area contributed by atoms with Gasteiger partial charge in [0.15, 0.2) is 11.5 Å². The van der Waals surface area contributed by atoms with Crippen LogP contribution in [-0.4, -0.2) is 55.2 Å². The second-order valence-corrected chi connectivity index (χ2v) is 9.96. The van der Waals surface area contributed by atoms with Crippen molar-refractivity contribution in [2.24, 2.45) is 5.92 Å². The summed E-state index contributed by atoms with van der Waals surface area (Å²) in [4.78, 5) is 18.0. The zero-order valence-electron chi connectivity index (χ0n) is 20.1. The Labute approximate surface area is 217 Å². The topological polar surface area (TPSA) is 42.0 Å². The molecule has 35 heavy (non-hydrogen) atoms. The van der Waals surface area contributed by atoms with Gasteiger partial charge in [0.1, 0.15) is 0 Å². The summed E-state index contributed by atoms with van der Waals surface area (Å²) in [6.45, 7) is 5.19. The Morgan fingerprint density at radius 2 is 1.74 bits per heavy atom. The van der Waals surface area contributed by atoms with Crippen molar-refractivity contribution >= 4 is 33.7 Å². The fraction of sp³-hybridized carbons (Fsp3) is 0.414. The van der Waals surface area contributed by atoms with Gasteiger partial charge in [-0.3, -0.25) is 4.79 Å². The van der Waals surface area contributed by atoms with Crippen molar-refractivity contribution in [3.8, 4) is 11.5 Å². The van der Waals surface area contributed by atoms with Gasteiger partial charge in [0.2, 0.25) is 6.79 Å². The molecule has 1 atom stereocenters. The molecule has 184 valence electrons. The molecule has 0 spiro atoms. The summed E-state index contributed by atoms with van der Waals surface area (Å²) in [6, 6.07) is 19.3. The number of likely N-dealkylation sites (tertiary alicyclic amines) is 1. The molecule has 0 aromatic heterocycles. The van der Waals surface area contributed by atoms with Crippen LogP contribution in [0.1, 0.15) is 40.7 Å². The molecule has 6 heteroatoms. The van der Waals surface area contributed by atoms with Crippen LogP contribution >= 0.6 is 17.0 Å². The fourth-order valence-electron chi connectivity index (χ4n) is 5.75. The van der Waals surface area contributed by atoms with Crippen LogP contribution in [0.4, 0.5) is 0 Å². The first-order valence-electron chi connectivity index (χ1n) is 12.6. The Morgan fingerprint density at radius 3 is 2.63 bits per heavy atom. The summed E-state index contributed by atoms with van der Waals surface area (Å²) >= 11 is 0. The minimum absolute atomic E-state index is 0. The van der Waals surface area contributed by atoms with E-state index in [2.05, 4.69) is 52.3 Å². The van der Waals surface area contributed by atoms with E-state index in [1.807, 2.05) is 12.1 Å². The highest BCUT2D eigenvalue weighted by Crippen LogP contribution is 2.37. The minimum atomic E-state index is 0. The van der Waals surface area contributed by atoms with Gasteiger partial charge in [0, 0.05) is 31.7 Å². The molecule has 3 heterocycles.